The molecule has 20 heteroatoms. The predicted octanol–water partition coefficient (Wildman–Crippen LogP) is 10.3. The number of ether oxygens (including phenoxy) is 4. The molecule has 4 aromatic carbocycles. The van der Waals surface area contributed by atoms with E-state index in [1.165, 1.54) is 31.0 Å². The Hall–Kier alpha value is -6.32. The summed E-state index contributed by atoms with van der Waals surface area (Å²) in [5.74, 6) is 0.276. The van der Waals surface area contributed by atoms with Gasteiger partial charge in [0, 0.05) is 11.4 Å². The maximum absolute atomic E-state index is 13.5. The van der Waals surface area contributed by atoms with Crippen molar-refractivity contribution in [3.8, 4) is 23.6 Å². The van der Waals surface area contributed by atoms with Gasteiger partial charge in [-0.1, -0.05) is 0 Å². The van der Waals surface area contributed by atoms with E-state index >= 15 is 0 Å². The summed E-state index contributed by atoms with van der Waals surface area (Å²) in [7, 11) is 0. The first-order valence-electron chi connectivity index (χ1n) is 21.2. The van der Waals surface area contributed by atoms with Gasteiger partial charge in [-0.2, -0.15) is 36.9 Å². The van der Waals surface area contributed by atoms with Crippen molar-refractivity contribution in [2.45, 2.75) is 89.7 Å². The summed E-state index contributed by atoms with van der Waals surface area (Å²) in [4.78, 5) is 31.9. The van der Waals surface area contributed by atoms with E-state index in [4.69, 9.17) is 53.9 Å². The van der Waals surface area contributed by atoms with Crippen molar-refractivity contribution in [2.75, 3.05) is 39.4 Å². The Morgan fingerprint density at radius 3 is 1.35 bits per heavy atom. The number of amides is 2. The van der Waals surface area contributed by atoms with E-state index in [2.05, 4.69) is 0 Å². The van der Waals surface area contributed by atoms with Crippen LogP contribution in [0.5, 0.6) is 11.5 Å². The molecular formula is C48H44F6N6O6S2. The minimum Gasteiger partial charge on any atom is -0.493 e. The molecule has 3 heterocycles. The van der Waals surface area contributed by atoms with Gasteiger partial charge >= 0.3 is 12.4 Å². The Kier molecular flexibility index (Phi) is 13.3. The third-order valence-electron chi connectivity index (χ3n) is 11.6. The highest BCUT2D eigenvalue weighted by molar-refractivity contribution is 7.81. The predicted molar refractivity (Wildman–Crippen MR) is 247 cm³/mol. The summed E-state index contributed by atoms with van der Waals surface area (Å²) in [5.41, 5.74) is -4.49. The van der Waals surface area contributed by atoms with Crippen LogP contribution in [0.3, 0.4) is 0 Å². The van der Waals surface area contributed by atoms with Crippen molar-refractivity contribution in [1.29, 1.82) is 10.5 Å². The first kappa shape index (κ1) is 49.6. The van der Waals surface area contributed by atoms with Gasteiger partial charge < -0.3 is 28.7 Å². The molecule has 3 aliphatic heterocycles. The Labute approximate surface area is 399 Å². The normalized spacial score (nSPS) is 19.7. The number of carbonyl (C=O) groups excluding carboxylic acids is 2. The van der Waals surface area contributed by atoms with Crippen LogP contribution < -0.4 is 29.1 Å². The van der Waals surface area contributed by atoms with Crippen LogP contribution in [0.4, 0.5) is 49.1 Å². The number of nitriles is 2. The lowest BCUT2D eigenvalue weighted by atomic mass is 10.0. The fraction of sp³-hybridized carbons (Fsp3) is 0.375. The second-order valence-corrected chi connectivity index (χ2v) is 18.5. The van der Waals surface area contributed by atoms with E-state index in [0.29, 0.717) is 48.6 Å². The Balaban J connectivity index is 0.000000203. The molecule has 4 aliphatic rings. The number of rotatable bonds is 10. The topological polar surface area (TPSA) is 132 Å². The quantitative estimate of drug-likeness (QED) is 0.111. The first-order chi connectivity index (χ1) is 31.8. The van der Waals surface area contributed by atoms with E-state index in [9.17, 15) is 35.9 Å². The summed E-state index contributed by atoms with van der Waals surface area (Å²) >= 11 is 11.1. The highest BCUT2D eigenvalue weighted by Gasteiger charge is 2.52. The van der Waals surface area contributed by atoms with E-state index in [0.717, 1.165) is 34.1 Å². The number of benzene rings is 4. The summed E-state index contributed by atoms with van der Waals surface area (Å²) in [6.45, 7) is 11.6. The molecule has 0 N–H and O–H groups in total. The molecule has 0 aromatic heterocycles. The zero-order valence-corrected chi connectivity index (χ0v) is 39.1. The summed E-state index contributed by atoms with van der Waals surface area (Å²) in [5, 5.41) is 18.2. The van der Waals surface area contributed by atoms with Crippen LogP contribution in [0.1, 0.15) is 76.6 Å². The lowest BCUT2D eigenvalue weighted by molar-refractivity contribution is -0.141. The Morgan fingerprint density at radius 1 is 0.632 bits per heavy atom. The molecular weight excluding hydrogens is 935 g/mol. The molecule has 8 rings (SSSR count). The monoisotopic (exact) mass is 978 g/mol. The number of thiocarbonyl (C=S) groups is 2. The van der Waals surface area contributed by atoms with Crippen LogP contribution >= 0.6 is 24.4 Å². The third-order valence-corrected chi connectivity index (χ3v) is 12.3. The van der Waals surface area contributed by atoms with Crippen molar-refractivity contribution >= 4 is 69.2 Å². The van der Waals surface area contributed by atoms with E-state index < -0.39 is 63.3 Å². The van der Waals surface area contributed by atoms with Gasteiger partial charge in [0.2, 0.25) is 0 Å². The van der Waals surface area contributed by atoms with Crippen LogP contribution in [0, 0.1) is 28.6 Å². The van der Waals surface area contributed by atoms with Gasteiger partial charge in [0.05, 0.1) is 59.0 Å². The summed E-state index contributed by atoms with van der Waals surface area (Å²) in [6.07, 6.45) is -7.35. The van der Waals surface area contributed by atoms with Gasteiger partial charge in [-0.3, -0.25) is 19.4 Å². The van der Waals surface area contributed by atoms with Gasteiger partial charge in [-0.05, 0) is 170 Å². The zero-order valence-electron chi connectivity index (χ0n) is 37.5. The van der Waals surface area contributed by atoms with E-state index in [1.54, 1.807) is 92.1 Å². The van der Waals surface area contributed by atoms with E-state index in [-0.39, 0.29) is 27.7 Å². The van der Waals surface area contributed by atoms with Crippen molar-refractivity contribution in [3.63, 3.8) is 0 Å². The minimum atomic E-state index is -4.76. The van der Waals surface area contributed by atoms with E-state index in [1.807, 2.05) is 13.8 Å². The largest absolute Gasteiger partial charge is 0.493 e. The molecule has 2 amide bonds. The second-order valence-electron chi connectivity index (χ2n) is 17.8. The number of hydrogen-bond acceptors (Lipinski definition) is 10. The average Bonchev–Trinajstić information content (AvgIpc) is 3.97. The minimum absolute atomic E-state index is 0.0234. The van der Waals surface area contributed by atoms with Crippen molar-refractivity contribution in [2.24, 2.45) is 5.92 Å². The Morgan fingerprint density at radius 2 is 1.01 bits per heavy atom. The van der Waals surface area contributed by atoms with Gasteiger partial charge in [-0.15, -0.1) is 0 Å². The van der Waals surface area contributed by atoms with Crippen molar-refractivity contribution in [1.82, 2.24) is 0 Å². The number of alkyl halides is 6. The lowest BCUT2D eigenvalue weighted by Crippen LogP contribution is -2.44. The molecule has 68 heavy (non-hydrogen) atoms. The number of hydrogen-bond donors (Lipinski definition) is 0. The average molecular weight is 979 g/mol. The van der Waals surface area contributed by atoms with Gasteiger partial charge in [0.15, 0.2) is 16.0 Å². The zero-order chi connectivity index (χ0) is 49.7. The molecule has 1 aliphatic carbocycles. The summed E-state index contributed by atoms with van der Waals surface area (Å²) in [6, 6.07) is 23.3. The van der Waals surface area contributed by atoms with Crippen molar-refractivity contribution < 1.29 is 54.9 Å². The maximum Gasteiger partial charge on any atom is 0.417 e. The highest BCUT2D eigenvalue weighted by Crippen LogP contribution is 2.42. The molecule has 4 fully saturated rings. The molecule has 0 bridgehead atoms. The molecule has 1 atom stereocenters. The van der Waals surface area contributed by atoms with Crippen LogP contribution in [0.2, 0.25) is 0 Å². The number of halogens is 6. The smallest absolute Gasteiger partial charge is 0.417 e. The molecule has 356 valence electrons. The summed E-state index contributed by atoms with van der Waals surface area (Å²) < 4.78 is 104. The second kappa shape index (κ2) is 18.3. The molecule has 0 spiro atoms. The standard InChI is InChI=1S/C25H24F3N3O4S.C23H20F3N3O2S/c1-23(2)21(32)30(17-6-5-15(12-29)20(11-17)25(26,27)28)22(36)31(23)16-7-9-18(10-8-16)33-13-19-14-34-24(3,4)35-19;1-22(2)20(30)28(17-6-5-15(12-27)19(11-17)23(24,25)26)21(32)29(22)16-7-9-18(10-8-16)31-13-14-3-4-14/h5-11,19H,13-14H2,1-4H3;5-11,14H,3-4,13H2,1-2H3/t19-;/m0./s1. The molecule has 1 saturated carbocycles. The van der Waals surface area contributed by atoms with Crippen molar-refractivity contribution in [3.05, 3.63) is 107 Å². The Bertz CT molecular complexity index is 2730. The fourth-order valence-electron chi connectivity index (χ4n) is 7.83. The van der Waals surface area contributed by atoms with Crippen LogP contribution in [0.25, 0.3) is 0 Å². The molecule has 3 saturated heterocycles. The SMILES string of the molecule is CC1(C)C(=O)N(c2ccc(C#N)c(C(F)(F)F)c2)C(=S)N1c1ccc(OCC2CC2)cc1.CC1(C)OC[C@H](COc2ccc(N3C(=S)N(c4ccc(C#N)c(C(F)(F)F)c4)C(=O)C3(C)C)cc2)O1. The van der Waals surface area contributed by atoms with Gasteiger partial charge in [0.25, 0.3) is 11.8 Å². The number of carbonyl (C=O) groups is 2. The third kappa shape index (κ3) is 9.95. The number of nitrogens with zero attached hydrogens (tertiary/aromatic N) is 6. The lowest BCUT2D eigenvalue weighted by Gasteiger charge is -2.29. The van der Waals surface area contributed by atoms with Crippen LogP contribution in [-0.2, 0) is 31.4 Å². The van der Waals surface area contributed by atoms with Gasteiger partial charge in [0.1, 0.15) is 35.3 Å². The highest BCUT2D eigenvalue weighted by atomic mass is 32.1. The van der Waals surface area contributed by atoms with Crippen LogP contribution in [0.15, 0.2) is 84.9 Å². The molecule has 4 aromatic rings. The number of anilines is 4. The molecule has 12 nitrogen and oxygen atoms in total. The molecule has 0 radical (unpaired) electrons. The first-order valence-corrected chi connectivity index (χ1v) is 22.0. The molecule has 0 unspecified atom stereocenters. The maximum atomic E-state index is 13.5. The van der Waals surface area contributed by atoms with Gasteiger partial charge in [-0.25, -0.2) is 0 Å². The fourth-order valence-corrected chi connectivity index (χ4v) is 8.88. The van der Waals surface area contributed by atoms with Crippen LogP contribution in [-0.4, -0.2) is 64.8 Å².